The maximum absolute atomic E-state index is 13.2. The molecular formula is C22H13BrF6N2O2. The van der Waals surface area contributed by atoms with E-state index in [9.17, 15) is 35.9 Å². The number of amides is 2. The highest BCUT2D eigenvalue weighted by molar-refractivity contribution is 9.10. The van der Waals surface area contributed by atoms with Crippen LogP contribution in [0.3, 0.4) is 0 Å². The predicted molar refractivity (Wildman–Crippen MR) is 111 cm³/mol. The molecule has 1 heterocycles. The number of carbonyl (C=O) groups excluding carboxylic acids is 2. The Kier molecular flexibility index (Phi) is 6.64. The third-order valence-corrected chi connectivity index (χ3v) is 5.39. The summed E-state index contributed by atoms with van der Waals surface area (Å²) in [5.41, 5.74) is -2.63. The summed E-state index contributed by atoms with van der Waals surface area (Å²) in [4.78, 5) is 30.8. The number of imide groups is 1. The molecule has 0 aliphatic rings. The number of carbonyl (C=O) groups is 2. The van der Waals surface area contributed by atoms with Crippen molar-refractivity contribution in [3.05, 3.63) is 93.1 Å². The molecule has 3 aromatic rings. The highest BCUT2D eigenvalue weighted by Crippen LogP contribution is 2.32. The number of benzene rings is 2. The van der Waals surface area contributed by atoms with Crippen LogP contribution in [0.2, 0.25) is 0 Å². The van der Waals surface area contributed by atoms with Gasteiger partial charge in [-0.3, -0.25) is 9.59 Å². The van der Waals surface area contributed by atoms with Gasteiger partial charge in [-0.25, -0.2) is 9.88 Å². The monoisotopic (exact) mass is 530 g/mol. The fourth-order valence-electron chi connectivity index (χ4n) is 2.83. The van der Waals surface area contributed by atoms with Gasteiger partial charge < -0.3 is 0 Å². The van der Waals surface area contributed by atoms with Crippen molar-refractivity contribution in [3.8, 4) is 0 Å². The smallest absolute Gasteiger partial charge is 0.268 e. The molecule has 0 N–H and O–H groups in total. The van der Waals surface area contributed by atoms with Crippen LogP contribution in [0.4, 0.5) is 32.2 Å². The van der Waals surface area contributed by atoms with E-state index >= 15 is 0 Å². The van der Waals surface area contributed by atoms with Crippen molar-refractivity contribution >= 4 is 33.6 Å². The Morgan fingerprint density at radius 1 is 0.818 bits per heavy atom. The van der Waals surface area contributed by atoms with Gasteiger partial charge in [-0.05, 0) is 55.0 Å². The van der Waals surface area contributed by atoms with Crippen molar-refractivity contribution in [2.45, 2.75) is 19.3 Å². The largest absolute Gasteiger partial charge is 0.416 e. The zero-order valence-electron chi connectivity index (χ0n) is 16.6. The predicted octanol–water partition coefficient (Wildman–Crippen LogP) is 6.68. The van der Waals surface area contributed by atoms with Gasteiger partial charge in [0.2, 0.25) is 0 Å². The molecule has 172 valence electrons. The van der Waals surface area contributed by atoms with Gasteiger partial charge in [-0.15, -0.1) is 0 Å². The summed E-state index contributed by atoms with van der Waals surface area (Å²) in [7, 11) is 0. The second-order valence-electron chi connectivity index (χ2n) is 6.89. The lowest BCUT2D eigenvalue weighted by molar-refractivity contribution is -0.138. The van der Waals surface area contributed by atoms with Crippen molar-refractivity contribution in [3.63, 3.8) is 0 Å². The van der Waals surface area contributed by atoms with E-state index in [4.69, 9.17) is 0 Å². The average molecular weight is 531 g/mol. The summed E-state index contributed by atoms with van der Waals surface area (Å²) < 4.78 is 79.1. The third-order valence-electron chi connectivity index (χ3n) is 4.53. The van der Waals surface area contributed by atoms with Crippen LogP contribution >= 0.6 is 15.9 Å². The quantitative estimate of drug-likeness (QED) is 0.280. The molecule has 0 radical (unpaired) electrons. The third kappa shape index (κ3) is 5.41. The zero-order chi connectivity index (χ0) is 24.6. The number of anilines is 1. The number of halogens is 7. The van der Waals surface area contributed by atoms with Crippen molar-refractivity contribution < 1.29 is 35.9 Å². The van der Waals surface area contributed by atoms with E-state index in [0.717, 1.165) is 36.4 Å². The normalized spacial score (nSPS) is 11.9. The second-order valence-corrected chi connectivity index (χ2v) is 7.75. The molecule has 11 heteroatoms. The molecule has 1 aromatic heterocycles. The van der Waals surface area contributed by atoms with E-state index in [-0.39, 0.29) is 5.82 Å². The number of hydrogen-bond acceptors (Lipinski definition) is 3. The standard InChI is InChI=1S/C22H13BrF6N2O2/c1-12-11-30-18(10-17(12)23)31(19(32)13-4-2-6-15(8-13)21(24,25)26)20(33)14-5-3-7-16(9-14)22(27,28)29/h2-11H,1H3. The minimum absolute atomic E-state index is 0.280. The summed E-state index contributed by atoms with van der Waals surface area (Å²) in [5.74, 6) is -2.66. The molecule has 0 aliphatic heterocycles. The number of aryl methyl sites for hydroxylation is 1. The van der Waals surface area contributed by atoms with Gasteiger partial charge in [0.05, 0.1) is 11.1 Å². The van der Waals surface area contributed by atoms with Crippen molar-refractivity contribution in [1.82, 2.24) is 4.98 Å². The molecular weight excluding hydrogens is 518 g/mol. The molecule has 33 heavy (non-hydrogen) atoms. The number of pyridine rings is 1. The van der Waals surface area contributed by atoms with Crippen LogP contribution in [0.25, 0.3) is 0 Å². The van der Waals surface area contributed by atoms with Gasteiger partial charge in [-0.2, -0.15) is 26.3 Å². The van der Waals surface area contributed by atoms with E-state index in [1.165, 1.54) is 12.3 Å². The molecule has 0 spiro atoms. The summed E-state index contributed by atoms with van der Waals surface area (Å²) in [6.45, 7) is 1.66. The summed E-state index contributed by atoms with van der Waals surface area (Å²) in [6, 6.07) is 7.97. The maximum atomic E-state index is 13.2. The molecule has 0 saturated carbocycles. The van der Waals surface area contributed by atoms with Crippen LogP contribution in [0.5, 0.6) is 0 Å². The lowest BCUT2D eigenvalue weighted by Crippen LogP contribution is -2.38. The van der Waals surface area contributed by atoms with Gasteiger partial charge in [0, 0.05) is 21.8 Å². The minimum atomic E-state index is -4.75. The highest BCUT2D eigenvalue weighted by atomic mass is 79.9. The fraction of sp³-hybridized carbons (Fsp3) is 0.136. The SMILES string of the molecule is Cc1cnc(N(C(=O)c2cccc(C(F)(F)F)c2)C(=O)c2cccc(C(F)(F)F)c2)cc1Br. The van der Waals surface area contributed by atoms with Crippen LogP contribution in [-0.4, -0.2) is 16.8 Å². The molecule has 0 atom stereocenters. The first-order chi connectivity index (χ1) is 15.3. The second kappa shape index (κ2) is 8.97. The van der Waals surface area contributed by atoms with Crippen molar-refractivity contribution in [2.24, 2.45) is 0 Å². The van der Waals surface area contributed by atoms with E-state index < -0.39 is 46.4 Å². The minimum Gasteiger partial charge on any atom is -0.268 e. The summed E-state index contributed by atoms with van der Waals surface area (Å²) in [5, 5.41) is 0. The lowest BCUT2D eigenvalue weighted by atomic mass is 10.1. The molecule has 0 fully saturated rings. The first kappa shape index (κ1) is 24.4. The molecule has 0 bridgehead atoms. The number of alkyl halides is 6. The molecule has 2 amide bonds. The van der Waals surface area contributed by atoms with Gasteiger partial charge in [0.15, 0.2) is 0 Å². The highest BCUT2D eigenvalue weighted by Gasteiger charge is 2.35. The van der Waals surface area contributed by atoms with E-state index in [2.05, 4.69) is 20.9 Å². The van der Waals surface area contributed by atoms with Crippen LogP contribution in [0, 0.1) is 6.92 Å². The lowest BCUT2D eigenvalue weighted by Gasteiger charge is -2.21. The van der Waals surface area contributed by atoms with Crippen molar-refractivity contribution in [2.75, 3.05) is 4.90 Å². The van der Waals surface area contributed by atoms with Crippen LogP contribution < -0.4 is 4.90 Å². The Morgan fingerprint density at radius 2 is 1.27 bits per heavy atom. The Bertz CT molecular complexity index is 1150. The Hall–Kier alpha value is -3.21. The number of nitrogens with zero attached hydrogens (tertiary/aromatic N) is 2. The topological polar surface area (TPSA) is 50.3 Å². The molecule has 0 aliphatic carbocycles. The first-order valence-corrected chi connectivity index (χ1v) is 9.94. The molecule has 2 aromatic carbocycles. The maximum Gasteiger partial charge on any atom is 0.416 e. The van der Waals surface area contributed by atoms with Crippen LogP contribution in [0.15, 0.2) is 65.3 Å². The number of aromatic nitrogens is 1. The van der Waals surface area contributed by atoms with Gasteiger partial charge in [0.25, 0.3) is 11.8 Å². The zero-order valence-corrected chi connectivity index (χ0v) is 18.2. The van der Waals surface area contributed by atoms with Crippen LogP contribution in [-0.2, 0) is 12.4 Å². The van der Waals surface area contributed by atoms with Gasteiger partial charge in [0.1, 0.15) is 5.82 Å². The molecule has 3 rings (SSSR count). The summed E-state index contributed by atoms with van der Waals surface area (Å²) >= 11 is 3.21. The van der Waals surface area contributed by atoms with Crippen molar-refractivity contribution in [1.29, 1.82) is 0 Å². The Labute approximate surface area is 192 Å². The number of hydrogen-bond donors (Lipinski definition) is 0. The molecule has 4 nitrogen and oxygen atoms in total. The summed E-state index contributed by atoms with van der Waals surface area (Å²) in [6.07, 6.45) is -8.21. The average Bonchev–Trinajstić information content (AvgIpc) is 2.75. The fourth-order valence-corrected chi connectivity index (χ4v) is 3.13. The van der Waals surface area contributed by atoms with Gasteiger partial charge >= 0.3 is 12.4 Å². The van der Waals surface area contributed by atoms with E-state index in [0.29, 0.717) is 27.1 Å². The first-order valence-electron chi connectivity index (χ1n) is 9.14. The van der Waals surface area contributed by atoms with E-state index in [1.54, 1.807) is 6.92 Å². The Morgan fingerprint density at radius 3 is 1.67 bits per heavy atom. The molecule has 0 saturated heterocycles. The number of rotatable bonds is 3. The van der Waals surface area contributed by atoms with Crippen LogP contribution in [0.1, 0.15) is 37.4 Å². The van der Waals surface area contributed by atoms with E-state index in [1.807, 2.05) is 0 Å². The molecule has 0 unspecified atom stereocenters. The Balaban J connectivity index is 2.14. The van der Waals surface area contributed by atoms with Gasteiger partial charge in [-0.1, -0.05) is 28.1 Å².